The Hall–Kier alpha value is -1.94. The molecule has 0 amide bonds. The Kier molecular flexibility index (Phi) is 5.14. The van der Waals surface area contributed by atoms with Gasteiger partial charge in [0.2, 0.25) is 0 Å². The van der Waals surface area contributed by atoms with E-state index in [0.29, 0.717) is 11.0 Å². The second kappa shape index (κ2) is 7.31. The minimum atomic E-state index is -0.136. The maximum Gasteiger partial charge on any atom is 0.171 e. The van der Waals surface area contributed by atoms with Crippen molar-refractivity contribution in [3.05, 3.63) is 59.9 Å². The van der Waals surface area contributed by atoms with E-state index in [1.54, 1.807) is 0 Å². The molecule has 3 nitrogen and oxygen atoms in total. The lowest BCUT2D eigenvalue weighted by Gasteiger charge is -2.31. The minimum absolute atomic E-state index is 0.136. The molecule has 0 saturated heterocycles. The fraction of sp³-hybridized carbons (Fsp3) is 0.400. The number of benzene rings is 1. The van der Waals surface area contributed by atoms with E-state index in [9.17, 15) is 0 Å². The highest BCUT2D eigenvalue weighted by Crippen LogP contribution is 2.37. The number of anilines is 1. The molecule has 3 rings (SSSR count). The normalized spacial score (nSPS) is 16.1. The van der Waals surface area contributed by atoms with Gasteiger partial charge in [-0.05, 0) is 60.8 Å². The highest BCUT2D eigenvalue weighted by atomic mass is 32.1. The molecular formula is C20H25N3S. The van der Waals surface area contributed by atoms with Crippen molar-refractivity contribution in [3.8, 4) is 0 Å². The Balaban J connectivity index is 1.70. The molecule has 1 aliphatic carbocycles. The molecule has 4 heteroatoms. The predicted octanol–water partition coefficient (Wildman–Crippen LogP) is 4.96. The highest BCUT2D eigenvalue weighted by Gasteiger charge is 2.37. The summed E-state index contributed by atoms with van der Waals surface area (Å²) in [7, 11) is 0. The third-order valence-electron chi connectivity index (χ3n) is 4.80. The van der Waals surface area contributed by atoms with Crippen molar-refractivity contribution in [2.45, 2.75) is 51.0 Å². The molecule has 1 heterocycles. The van der Waals surface area contributed by atoms with E-state index in [1.807, 2.05) is 18.3 Å². The van der Waals surface area contributed by atoms with E-state index in [2.05, 4.69) is 59.8 Å². The topological polar surface area (TPSA) is 37.0 Å². The summed E-state index contributed by atoms with van der Waals surface area (Å²) in [5.41, 5.74) is 3.30. The van der Waals surface area contributed by atoms with Crippen LogP contribution in [0.15, 0.2) is 48.7 Å². The molecule has 1 aliphatic rings. The van der Waals surface area contributed by atoms with Crippen LogP contribution in [-0.2, 0) is 5.54 Å². The summed E-state index contributed by atoms with van der Waals surface area (Å²) in [4.78, 5) is 4.57. The van der Waals surface area contributed by atoms with E-state index in [4.69, 9.17) is 12.2 Å². The van der Waals surface area contributed by atoms with Crippen LogP contribution in [0.4, 0.5) is 5.69 Å². The average Bonchev–Trinajstić information content (AvgIpc) is 3.05. The fourth-order valence-corrected chi connectivity index (χ4v) is 3.71. The van der Waals surface area contributed by atoms with Crippen LogP contribution in [0.1, 0.15) is 56.7 Å². The maximum absolute atomic E-state index is 5.58. The van der Waals surface area contributed by atoms with E-state index < -0.39 is 0 Å². The molecule has 2 N–H and O–H groups in total. The molecule has 2 aromatic rings. The zero-order valence-corrected chi connectivity index (χ0v) is 15.2. The molecule has 126 valence electrons. The summed E-state index contributed by atoms with van der Waals surface area (Å²) >= 11 is 5.58. The standard InChI is InChI=1S/C20H25N3S/c1-15(2)16-8-10-17(11-9-16)22-19(24)23-20(12-4-5-13-20)18-7-3-6-14-21-18/h3,6-11,14-15H,4-5,12-13H2,1-2H3,(H2,22,23,24). The average molecular weight is 340 g/mol. The predicted molar refractivity (Wildman–Crippen MR) is 104 cm³/mol. The Morgan fingerprint density at radius 1 is 1.08 bits per heavy atom. The van der Waals surface area contributed by atoms with Crippen molar-refractivity contribution in [2.24, 2.45) is 0 Å². The zero-order chi connectivity index (χ0) is 17.0. The number of hydrogen-bond acceptors (Lipinski definition) is 2. The smallest absolute Gasteiger partial charge is 0.171 e. The van der Waals surface area contributed by atoms with Gasteiger partial charge in [-0.1, -0.05) is 44.9 Å². The summed E-state index contributed by atoms with van der Waals surface area (Å²) < 4.78 is 0. The number of hydrogen-bond donors (Lipinski definition) is 2. The quantitative estimate of drug-likeness (QED) is 0.772. The summed E-state index contributed by atoms with van der Waals surface area (Å²) in [5.74, 6) is 0.537. The van der Waals surface area contributed by atoms with Gasteiger partial charge in [-0.25, -0.2) is 0 Å². The number of pyridine rings is 1. The molecule has 0 radical (unpaired) electrons. The molecule has 1 aromatic heterocycles. The summed E-state index contributed by atoms with van der Waals surface area (Å²) in [6.07, 6.45) is 6.40. The molecule has 0 bridgehead atoms. The van der Waals surface area contributed by atoms with Gasteiger partial charge >= 0.3 is 0 Å². The van der Waals surface area contributed by atoms with E-state index in [1.165, 1.54) is 18.4 Å². The molecule has 0 aliphatic heterocycles. The van der Waals surface area contributed by atoms with Gasteiger partial charge in [0.15, 0.2) is 5.11 Å². The summed E-state index contributed by atoms with van der Waals surface area (Å²) in [6, 6.07) is 14.6. The van der Waals surface area contributed by atoms with Gasteiger partial charge in [-0.2, -0.15) is 0 Å². The van der Waals surface area contributed by atoms with E-state index >= 15 is 0 Å². The van der Waals surface area contributed by atoms with Crippen LogP contribution in [0.3, 0.4) is 0 Å². The Bertz CT molecular complexity index is 674. The third-order valence-corrected chi connectivity index (χ3v) is 5.00. The van der Waals surface area contributed by atoms with Crippen molar-refractivity contribution in [2.75, 3.05) is 5.32 Å². The van der Waals surface area contributed by atoms with Crippen LogP contribution in [0, 0.1) is 0 Å². The molecule has 0 atom stereocenters. The maximum atomic E-state index is 5.58. The van der Waals surface area contributed by atoms with Crippen molar-refractivity contribution < 1.29 is 0 Å². The van der Waals surface area contributed by atoms with Crippen molar-refractivity contribution in [1.82, 2.24) is 10.3 Å². The molecule has 1 fully saturated rings. The molecular weight excluding hydrogens is 314 g/mol. The largest absolute Gasteiger partial charge is 0.351 e. The second-order valence-corrected chi connectivity index (χ2v) is 7.27. The van der Waals surface area contributed by atoms with Crippen LogP contribution < -0.4 is 10.6 Å². The highest BCUT2D eigenvalue weighted by molar-refractivity contribution is 7.80. The van der Waals surface area contributed by atoms with Gasteiger partial charge in [-0.15, -0.1) is 0 Å². The van der Waals surface area contributed by atoms with Crippen LogP contribution in [-0.4, -0.2) is 10.1 Å². The lowest BCUT2D eigenvalue weighted by molar-refractivity contribution is 0.396. The Labute approximate surface area is 149 Å². The van der Waals surface area contributed by atoms with E-state index in [0.717, 1.165) is 24.2 Å². The van der Waals surface area contributed by atoms with Crippen LogP contribution in [0.2, 0.25) is 0 Å². The van der Waals surface area contributed by atoms with Crippen LogP contribution in [0.25, 0.3) is 0 Å². The lowest BCUT2D eigenvalue weighted by Crippen LogP contribution is -2.46. The number of aromatic nitrogens is 1. The first-order valence-electron chi connectivity index (χ1n) is 8.70. The summed E-state index contributed by atoms with van der Waals surface area (Å²) in [6.45, 7) is 4.40. The molecule has 0 spiro atoms. The molecule has 0 unspecified atom stereocenters. The zero-order valence-electron chi connectivity index (χ0n) is 14.4. The van der Waals surface area contributed by atoms with Gasteiger partial charge < -0.3 is 10.6 Å². The van der Waals surface area contributed by atoms with Crippen molar-refractivity contribution in [3.63, 3.8) is 0 Å². The Morgan fingerprint density at radius 3 is 2.38 bits per heavy atom. The van der Waals surface area contributed by atoms with Gasteiger partial charge in [0.1, 0.15) is 0 Å². The first-order chi connectivity index (χ1) is 11.6. The van der Waals surface area contributed by atoms with E-state index in [-0.39, 0.29) is 5.54 Å². The first-order valence-corrected chi connectivity index (χ1v) is 9.10. The second-order valence-electron chi connectivity index (χ2n) is 6.86. The minimum Gasteiger partial charge on any atom is -0.351 e. The summed E-state index contributed by atoms with van der Waals surface area (Å²) in [5, 5.41) is 7.54. The number of rotatable bonds is 4. The van der Waals surface area contributed by atoms with Gasteiger partial charge in [0, 0.05) is 11.9 Å². The molecule has 1 saturated carbocycles. The monoisotopic (exact) mass is 339 g/mol. The Morgan fingerprint density at radius 2 is 1.79 bits per heavy atom. The van der Waals surface area contributed by atoms with Crippen molar-refractivity contribution >= 4 is 23.0 Å². The van der Waals surface area contributed by atoms with Gasteiger partial charge in [0.25, 0.3) is 0 Å². The van der Waals surface area contributed by atoms with Gasteiger partial charge in [-0.3, -0.25) is 4.98 Å². The first kappa shape index (κ1) is 16.9. The number of nitrogens with zero attached hydrogens (tertiary/aromatic N) is 1. The number of thiocarbonyl (C=S) groups is 1. The van der Waals surface area contributed by atoms with Crippen LogP contribution >= 0.6 is 12.2 Å². The number of nitrogens with one attached hydrogen (secondary N) is 2. The van der Waals surface area contributed by atoms with Gasteiger partial charge in [0.05, 0.1) is 11.2 Å². The SMILES string of the molecule is CC(C)c1ccc(NC(=S)NC2(c3ccccn3)CCCC2)cc1. The van der Waals surface area contributed by atoms with Crippen LogP contribution in [0.5, 0.6) is 0 Å². The fourth-order valence-electron chi connectivity index (χ4n) is 3.40. The molecule has 1 aromatic carbocycles. The third kappa shape index (κ3) is 3.75. The van der Waals surface area contributed by atoms with Crippen molar-refractivity contribution in [1.29, 1.82) is 0 Å². The molecule has 24 heavy (non-hydrogen) atoms. The lowest BCUT2D eigenvalue weighted by atomic mass is 9.93.